The van der Waals surface area contributed by atoms with Gasteiger partial charge in [-0.05, 0) is 29.6 Å². The van der Waals surface area contributed by atoms with E-state index in [4.69, 9.17) is 14.2 Å². The van der Waals surface area contributed by atoms with Crippen LogP contribution in [0.4, 0.5) is 0 Å². The Morgan fingerprint density at radius 1 is 1.14 bits per heavy atom. The maximum absolute atomic E-state index is 12.2. The van der Waals surface area contributed by atoms with Crippen molar-refractivity contribution in [1.29, 1.82) is 0 Å². The lowest BCUT2D eigenvalue weighted by molar-refractivity contribution is 0.0478. The molecule has 0 amide bonds. The molecule has 0 saturated heterocycles. The highest BCUT2D eigenvalue weighted by Gasteiger charge is 2.16. The molecule has 0 radical (unpaired) electrons. The van der Waals surface area contributed by atoms with Crippen molar-refractivity contribution in [3.8, 4) is 11.5 Å². The summed E-state index contributed by atoms with van der Waals surface area (Å²) in [5.41, 5.74) is 0.316. The molecule has 21 heavy (non-hydrogen) atoms. The van der Waals surface area contributed by atoms with Crippen LogP contribution in [0.2, 0.25) is 0 Å². The highest BCUT2D eigenvalue weighted by molar-refractivity contribution is 7.11. The molecule has 0 fully saturated rings. The normalized spacial score (nSPS) is 10.0. The van der Waals surface area contributed by atoms with Crippen LogP contribution < -0.4 is 9.47 Å². The molecule has 6 heteroatoms. The molecule has 2 aromatic rings. The van der Waals surface area contributed by atoms with Gasteiger partial charge in [0.1, 0.15) is 16.4 Å². The number of carbonyl (C=O) groups is 2. The number of Topliss-reactive ketones (excluding diaryl/α,β-unsaturated/α-hetero) is 1. The Bertz CT molecular complexity index is 634. The Balaban J connectivity index is 2.08. The molecule has 0 spiro atoms. The van der Waals surface area contributed by atoms with Crippen molar-refractivity contribution in [2.75, 3.05) is 20.8 Å². The molecule has 0 bridgehead atoms. The van der Waals surface area contributed by atoms with Crippen LogP contribution in [-0.2, 0) is 4.74 Å². The number of hydrogen-bond acceptors (Lipinski definition) is 6. The van der Waals surface area contributed by atoms with Gasteiger partial charge in [0, 0.05) is 0 Å². The summed E-state index contributed by atoms with van der Waals surface area (Å²) in [5, 5.41) is 1.77. The number of hydrogen-bond donors (Lipinski definition) is 0. The van der Waals surface area contributed by atoms with E-state index >= 15 is 0 Å². The third-order valence-electron chi connectivity index (χ3n) is 2.76. The highest BCUT2D eigenvalue weighted by atomic mass is 32.1. The molecule has 5 nitrogen and oxygen atoms in total. The van der Waals surface area contributed by atoms with E-state index in [2.05, 4.69) is 0 Å². The van der Waals surface area contributed by atoms with Gasteiger partial charge >= 0.3 is 5.97 Å². The highest BCUT2D eigenvalue weighted by Crippen LogP contribution is 2.24. The second-order valence-electron chi connectivity index (χ2n) is 4.04. The van der Waals surface area contributed by atoms with E-state index in [1.54, 1.807) is 35.7 Å². The lowest BCUT2D eigenvalue weighted by Crippen LogP contribution is -2.14. The summed E-state index contributed by atoms with van der Waals surface area (Å²) >= 11 is 1.26. The predicted octanol–water partition coefficient (Wildman–Crippen LogP) is 2.81. The molecule has 0 saturated carbocycles. The van der Waals surface area contributed by atoms with Crippen LogP contribution in [0.1, 0.15) is 20.0 Å². The number of thiophene rings is 1. The molecule has 2 rings (SSSR count). The van der Waals surface area contributed by atoms with E-state index in [1.807, 2.05) is 0 Å². The number of carbonyl (C=O) groups excluding carboxylic acids is 2. The molecule has 1 heterocycles. The molecular weight excluding hydrogens is 292 g/mol. The van der Waals surface area contributed by atoms with E-state index in [0.29, 0.717) is 21.9 Å². The van der Waals surface area contributed by atoms with Crippen LogP contribution >= 0.6 is 11.3 Å². The van der Waals surface area contributed by atoms with Crippen molar-refractivity contribution in [2.24, 2.45) is 0 Å². The van der Waals surface area contributed by atoms with Crippen molar-refractivity contribution in [2.45, 2.75) is 0 Å². The first-order valence-electron chi connectivity index (χ1n) is 6.11. The Morgan fingerprint density at radius 3 is 2.57 bits per heavy atom. The fourth-order valence-corrected chi connectivity index (χ4v) is 2.32. The van der Waals surface area contributed by atoms with Gasteiger partial charge in [0.15, 0.2) is 6.61 Å². The molecule has 0 unspecified atom stereocenters. The SMILES string of the molecule is COc1ccc(OC)c(C(=O)COC(=O)c2cccs2)c1. The molecule has 0 aliphatic carbocycles. The molecule has 0 N–H and O–H groups in total. The smallest absolute Gasteiger partial charge is 0.348 e. The number of ether oxygens (including phenoxy) is 3. The summed E-state index contributed by atoms with van der Waals surface area (Å²) < 4.78 is 15.2. The second-order valence-corrected chi connectivity index (χ2v) is 4.99. The Labute approximate surface area is 126 Å². The van der Waals surface area contributed by atoms with Gasteiger partial charge in [-0.3, -0.25) is 4.79 Å². The standard InChI is InChI=1S/C15H14O5S/c1-18-10-5-6-13(19-2)11(8-10)12(16)9-20-15(17)14-4-3-7-21-14/h3-8H,9H2,1-2H3. The molecule has 1 aromatic heterocycles. The second kappa shape index (κ2) is 6.90. The summed E-state index contributed by atoms with van der Waals surface area (Å²) in [7, 11) is 2.98. The lowest BCUT2D eigenvalue weighted by atomic mass is 10.1. The fraction of sp³-hybridized carbons (Fsp3) is 0.200. The fourth-order valence-electron chi connectivity index (χ4n) is 1.71. The van der Waals surface area contributed by atoms with Gasteiger partial charge in [0.2, 0.25) is 5.78 Å². The molecule has 0 atom stereocenters. The van der Waals surface area contributed by atoms with Crippen molar-refractivity contribution >= 4 is 23.1 Å². The van der Waals surface area contributed by atoms with Crippen LogP contribution in [0.3, 0.4) is 0 Å². The summed E-state index contributed by atoms with van der Waals surface area (Å²) in [6, 6.07) is 8.26. The first-order chi connectivity index (χ1) is 10.2. The first-order valence-corrected chi connectivity index (χ1v) is 6.99. The van der Waals surface area contributed by atoms with Crippen LogP contribution in [0.15, 0.2) is 35.7 Å². The average molecular weight is 306 g/mol. The van der Waals surface area contributed by atoms with Crippen molar-refractivity contribution < 1.29 is 23.8 Å². The summed E-state index contributed by atoms with van der Waals surface area (Å²) in [5.74, 6) is 0.0765. The van der Waals surface area contributed by atoms with Gasteiger partial charge in [-0.2, -0.15) is 0 Å². The predicted molar refractivity (Wildman–Crippen MR) is 78.5 cm³/mol. The Morgan fingerprint density at radius 2 is 1.95 bits per heavy atom. The van der Waals surface area contributed by atoms with Crippen LogP contribution in [-0.4, -0.2) is 32.6 Å². The van der Waals surface area contributed by atoms with Crippen LogP contribution in [0.5, 0.6) is 11.5 Å². The van der Waals surface area contributed by atoms with Gasteiger partial charge in [-0.25, -0.2) is 4.79 Å². The van der Waals surface area contributed by atoms with Crippen LogP contribution in [0.25, 0.3) is 0 Å². The van der Waals surface area contributed by atoms with Gasteiger partial charge < -0.3 is 14.2 Å². The number of esters is 1. The van der Waals surface area contributed by atoms with E-state index in [-0.39, 0.29) is 12.4 Å². The number of benzene rings is 1. The Kier molecular flexibility index (Phi) is 4.94. The van der Waals surface area contributed by atoms with E-state index in [0.717, 1.165) is 0 Å². The van der Waals surface area contributed by atoms with Gasteiger partial charge in [-0.15, -0.1) is 11.3 Å². The largest absolute Gasteiger partial charge is 0.497 e. The topological polar surface area (TPSA) is 61.8 Å². The Hall–Kier alpha value is -2.34. The van der Waals surface area contributed by atoms with Crippen molar-refractivity contribution in [3.05, 3.63) is 46.2 Å². The van der Waals surface area contributed by atoms with Crippen molar-refractivity contribution in [3.63, 3.8) is 0 Å². The van der Waals surface area contributed by atoms with E-state index < -0.39 is 5.97 Å². The van der Waals surface area contributed by atoms with E-state index in [1.165, 1.54) is 25.6 Å². The summed E-state index contributed by atoms with van der Waals surface area (Å²) in [4.78, 5) is 24.3. The average Bonchev–Trinajstić information content (AvgIpc) is 3.06. The molecular formula is C15H14O5S. The third-order valence-corrected chi connectivity index (χ3v) is 3.61. The molecule has 1 aromatic carbocycles. The quantitative estimate of drug-likeness (QED) is 0.606. The molecule has 0 aliphatic rings. The summed E-state index contributed by atoms with van der Waals surface area (Å²) in [6.45, 7) is -0.347. The van der Waals surface area contributed by atoms with Gasteiger partial charge in [0.25, 0.3) is 0 Å². The maximum Gasteiger partial charge on any atom is 0.348 e. The zero-order valence-electron chi connectivity index (χ0n) is 11.6. The molecule has 110 valence electrons. The summed E-state index contributed by atoms with van der Waals surface area (Å²) in [6.07, 6.45) is 0. The zero-order valence-corrected chi connectivity index (χ0v) is 12.4. The van der Waals surface area contributed by atoms with Gasteiger partial charge in [-0.1, -0.05) is 6.07 Å². The zero-order chi connectivity index (χ0) is 15.2. The number of ketones is 1. The minimum Gasteiger partial charge on any atom is -0.497 e. The maximum atomic E-state index is 12.2. The van der Waals surface area contributed by atoms with Gasteiger partial charge in [0.05, 0.1) is 19.8 Å². The lowest BCUT2D eigenvalue weighted by Gasteiger charge is -2.09. The third kappa shape index (κ3) is 3.61. The molecule has 0 aliphatic heterocycles. The van der Waals surface area contributed by atoms with Crippen molar-refractivity contribution in [1.82, 2.24) is 0 Å². The van der Waals surface area contributed by atoms with Crippen LogP contribution in [0, 0.1) is 0 Å². The number of rotatable bonds is 6. The monoisotopic (exact) mass is 306 g/mol. The minimum atomic E-state index is -0.514. The van der Waals surface area contributed by atoms with E-state index in [9.17, 15) is 9.59 Å². The first kappa shape index (κ1) is 15.1. The minimum absolute atomic E-state index is 0.316. The number of methoxy groups -OCH3 is 2.